The number of nitrogens with one attached hydrogen (secondary N) is 1. The maximum absolute atomic E-state index is 12.0. The SMILES string of the molecule is CC(C)(NC(=O)c1cscn1)c1ccc(Br)cc1. The Bertz CT molecular complexity index is 535. The molecule has 0 aliphatic rings. The second kappa shape index (κ2) is 5.20. The summed E-state index contributed by atoms with van der Waals surface area (Å²) in [6.45, 7) is 3.95. The van der Waals surface area contributed by atoms with Crippen molar-refractivity contribution < 1.29 is 4.79 Å². The lowest BCUT2D eigenvalue weighted by Crippen LogP contribution is -2.41. The Morgan fingerprint density at radius 1 is 1.33 bits per heavy atom. The van der Waals surface area contributed by atoms with Crippen LogP contribution in [0.4, 0.5) is 0 Å². The molecule has 1 aromatic carbocycles. The van der Waals surface area contributed by atoms with Crippen LogP contribution in [0.15, 0.2) is 39.6 Å². The average molecular weight is 325 g/mol. The second-order valence-corrected chi connectivity index (χ2v) is 6.09. The van der Waals surface area contributed by atoms with E-state index in [2.05, 4.69) is 26.2 Å². The number of carbonyl (C=O) groups is 1. The number of thiazole rings is 1. The van der Waals surface area contributed by atoms with Gasteiger partial charge in [0.05, 0.1) is 11.0 Å². The third-order valence-electron chi connectivity index (χ3n) is 2.66. The number of hydrogen-bond donors (Lipinski definition) is 1. The Morgan fingerprint density at radius 2 is 2.00 bits per heavy atom. The molecule has 0 atom stereocenters. The van der Waals surface area contributed by atoms with Gasteiger partial charge < -0.3 is 5.32 Å². The van der Waals surface area contributed by atoms with Gasteiger partial charge in [-0.05, 0) is 31.5 Å². The topological polar surface area (TPSA) is 42.0 Å². The van der Waals surface area contributed by atoms with Crippen LogP contribution in [0.2, 0.25) is 0 Å². The summed E-state index contributed by atoms with van der Waals surface area (Å²) in [5, 5.41) is 4.73. The summed E-state index contributed by atoms with van der Waals surface area (Å²) in [6.07, 6.45) is 0. The molecule has 2 rings (SSSR count). The lowest BCUT2D eigenvalue weighted by atomic mass is 9.94. The monoisotopic (exact) mass is 324 g/mol. The third-order valence-corrected chi connectivity index (χ3v) is 3.77. The predicted octanol–water partition coefficient (Wildman–Crippen LogP) is 3.57. The largest absolute Gasteiger partial charge is 0.342 e. The lowest BCUT2D eigenvalue weighted by Gasteiger charge is -2.26. The maximum Gasteiger partial charge on any atom is 0.271 e. The fourth-order valence-electron chi connectivity index (χ4n) is 1.61. The Kier molecular flexibility index (Phi) is 3.82. The normalized spacial score (nSPS) is 11.3. The summed E-state index contributed by atoms with van der Waals surface area (Å²) < 4.78 is 1.02. The van der Waals surface area contributed by atoms with Crippen molar-refractivity contribution in [3.63, 3.8) is 0 Å². The summed E-state index contributed by atoms with van der Waals surface area (Å²) in [6, 6.07) is 7.91. The molecule has 1 amide bonds. The number of halogens is 1. The van der Waals surface area contributed by atoms with Gasteiger partial charge in [0, 0.05) is 9.85 Å². The van der Waals surface area contributed by atoms with Crippen molar-refractivity contribution in [2.24, 2.45) is 0 Å². The van der Waals surface area contributed by atoms with E-state index in [0.717, 1.165) is 10.0 Å². The molecule has 0 radical (unpaired) electrons. The van der Waals surface area contributed by atoms with Crippen molar-refractivity contribution in [3.8, 4) is 0 Å². The number of hydrogen-bond acceptors (Lipinski definition) is 3. The molecular weight excluding hydrogens is 312 g/mol. The van der Waals surface area contributed by atoms with E-state index in [4.69, 9.17) is 0 Å². The summed E-state index contributed by atoms with van der Waals surface area (Å²) in [5.74, 6) is -0.149. The quantitative estimate of drug-likeness (QED) is 0.937. The van der Waals surface area contributed by atoms with Gasteiger partial charge in [0.25, 0.3) is 5.91 Å². The molecule has 94 valence electrons. The van der Waals surface area contributed by atoms with E-state index in [1.165, 1.54) is 11.3 Å². The molecule has 0 aliphatic carbocycles. The molecule has 1 heterocycles. The van der Waals surface area contributed by atoms with Crippen molar-refractivity contribution in [1.82, 2.24) is 10.3 Å². The van der Waals surface area contributed by atoms with Crippen LogP contribution >= 0.6 is 27.3 Å². The van der Waals surface area contributed by atoms with Crippen LogP contribution in [0, 0.1) is 0 Å². The van der Waals surface area contributed by atoms with Gasteiger partial charge in [-0.2, -0.15) is 0 Å². The van der Waals surface area contributed by atoms with Gasteiger partial charge in [0.2, 0.25) is 0 Å². The molecule has 2 aromatic rings. The number of amides is 1. The number of rotatable bonds is 3. The molecule has 1 N–H and O–H groups in total. The Balaban J connectivity index is 2.16. The minimum Gasteiger partial charge on any atom is -0.342 e. The first-order chi connectivity index (χ1) is 8.49. The summed E-state index contributed by atoms with van der Waals surface area (Å²) in [7, 11) is 0. The zero-order valence-electron chi connectivity index (χ0n) is 10.1. The summed E-state index contributed by atoms with van der Waals surface area (Å²) >= 11 is 4.81. The van der Waals surface area contributed by atoms with Crippen molar-refractivity contribution in [3.05, 3.63) is 50.9 Å². The highest BCUT2D eigenvalue weighted by molar-refractivity contribution is 9.10. The molecule has 0 unspecified atom stereocenters. The van der Waals surface area contributed by atoms with Crippen LogP contribution in [0.1, 0.15) is 29.9 Å². The molecule has 3 nitrogen and oxygen atoms in total. The number of aromatic nitrogens is 1. The number of nitrogens with zero attached hydrogens (tertiary/aromatic N) is 1. The average Bonchev–Trinajstić information content (AvgIpc) is 2.82. The van der Waals surface area contributed by atoms with Crippen LogP contribution in [-0.4, -0.2) is 10.9 Å². The first kappa shape index (κ1) is 13.2. The van der Waals surface area contributed by atoms with Crippen LogP contribution < -0.4 is 5.32 Å². The van der Waals surface area contributed by atoms with Crippen molar-refractivity contribution in [2.75, 3.05) is 0 Å². The fraction of sp³-hybridized carbons (Fsp3) is 0.231. The molecule has 0 saturated heterocycles. The van der Waals surface area contributed by atoms with Crippen LogP contribution in [-0.2, 0) is 5.54 Å². The standard InChI is InChI=1S/C13H13BrN2OS/c1-13(2,9-3-5-10(14)6-4-9)16-12(17)11-7-18-8-15-11/h3-8H,1-2H3,(H,16,17). The third kappa shape index (κ3) is 2.97. The van der Waals surface area contributed by atoms with E-state index in [0.29, 0.717) is 5.69 Å². The molecule has 5 heteroatoms. The van der Waals surface area contributed by atoms with Gasteiger partial charge in [-0.15, -0.1) is 11.3 Å². The Hall–Kier alpha value is -1.20. The molecular formula is C13H13BrN2OS. The van der Waals surface area contributed by atoms with E-state index >= 15 is 0 Å². The molecule has 0 saturated carbocycles. The summed E-state index contributed by atoms with van der Waals surface area (Å²) in [5.41, 5.74) is 2.74. The van der Waals surface area contributed by atoms with Crippen LogP contribution in [0.5, 0.6) is 0 Å². The highest BCUT2D eigenvalue weighted by Crippen LogP contribution is 2.22. The minimum absolute atomic E-state index is 0.149. The Morgan fingerprint density at radius 3 is 2.56 bits per heavy atom. The lowest BCUT2D eigenvalue weighted by molar-refractivity contribution is 0.0907. The molecule has 1 aromatic heterocycles. The van der Waals surface area contributed by atoms with E-state index in [1.807, 2.05) is 38.1 Å². The predicted molar refractivity (Wildman–Crippen MR) is 76.7 cm³/mol. The second-order valence-electron chi connectivity index (χ2n) is 4.46. The van der Waals surface area contributed by atoms with Crippen molar-refractivity contribution in [1.29, 1.82) is 0 Å². The number of benzene rings is 1. The molecule has 0 bridgehead atoms. The fourth-order valence-corrected chi connectivity index (χ4v) is 2.41. The highest BCUT2D eigenvalue weighted by atomic mass is 79.9. The zero-order chi connectivity index (χ0) is 13.2. The van der Waals surface area contributed by atoms with Crippen LogP contribution in [0.25, 0.3) is 0 Å². The molecule has 0 spiro atoms. The zero-order valence-corrected chi connectivity index (χ0v) is 12.5. The van der Waals surface area contributed by atoms with Crippen LogP contribution in [0.3, 0.4) is 0 Å². The minimum atomic E-state index is -0.429. The van der Waals surface area contributed by atoms with Gasteiger partial charge in [0.15, 0.2) is 0 Å². The molecule has 0 aliphatic heterocycles. The van der Waals surface area contributed by atoms with Gasteiger partial charge in [-0.3, -0.25) is 4.79 Å². The van der Waals surface area contributed by atoms with Gasteiger partial charge in [0.1, 0.15) is 5.69 Å². The summed E-state index contributed by atoms with van der Waals surface area (Å²) in [4.78, 5) is 16.0. The first-order valence-corrected chi connectivity index (χ1v) is 7.19. The maximum atomic E-state index is 12.0. The molecule has 18 heavy (non-hydrogen) atoms. The van der Waals surface area contributed by atoms with E-state index < -0.39 is 5.54 Å². The van der Waals surface area contributed by atoms with Gasteiger partial charge >= 0.3 is 0 Å². The van der Waals surface area contributed by atoms with E-state index in [-0.39, 0.29) is 5.91 Å². The van der Waals surface area contributed by atoms with E-state index in [9.17, 15) is 4.79 Å². The van der Waals surface area contributed by atoms with Crippen molar-refractivity contribution in [2.45, 2.75) is 19.4 Å². The smallest absolute Gasteiger partial charge is 0.271 e. The molecule has 0 fully saturated rings. The highest BCUT2D eigenvalue weighted by Gasteiger charge is 2.23. The van der Waals surface area contributed by atoms with Gasteiger partial charge in [-0.25, -0.2) is 4.98 Å². The van der Waals surface area contributed by atoms with Crippen molar-refractivity contribution >= 4 is 33.2 Å². The van der Waals surface area contributed by atoms with E-state index in [1.54, 1.807) is 10.9 Å². The Labute approximate surface area is 118 Å². The number of carbonyl (C=O) groups excluding carboxylic acids is 1. The van der Waals surface area contributed by atoms with Gasteiger partial charge in [-0.1, -0.05) is 28.1 Å². The first-order valence-electron chi connectivity index (χ1n) is 5.46.